The minimum Gasteiger partial charge on any atom is -0.448 e. The van der Waals surface area contributed by atoms with Crippen LogP contribution in [0.25, 0.3) is 0 Å². The Morgan fingerprint density at radius 1 is 1.28 bits per heavy atom. The van der Waals surface area contributed by atoms with Crippen LogP contribution in [-0.2, 0) is 6.42 Å². The Kier molecular flexibility index (Phi) is 4.30. The first-order valence-corrected chi connectivity index (χ1v) is 6.32. The van der Waals surface area contributed by atoms with Crippen LogP contribution in [0.1, 0.15) is 22.9 Å². The van der Waals surface area contributed by atoms with Crippen molar-refractivity contribution >= 4 is 23.2 Å². The molecule has 0 saturated heterocycles. The molecular weight excluding hydrogens is 271 g/mol. The molecule has 0 spiro atoms. The molecule has 5 heteroatoms. The number of hydrogen-bond acceptors (Lipinski definition) is 3. The summed E-state index contributed by atoms with van der Waals surface area (Å²) in [6.07, 6.45) is 0.638. The van der Waals surface area contributed by atoms with E-state index in [0.29, 0.717) is 17.4 Å². The van der Waals surface area contributed by atoms with Gasteiger partial charge in [0.1, 0.15) is 5.76 Å². The van der Waals surface area contributed by atoms with Gasteiger partial charge in [-0.25, -0.2) is 5.43 Å². The summed E-state index contributed by atoms with van der Waals surface area (Å²) < 4.78 is 5.35. The van der Waals surface area contributed by atoms with E-state index in [-0.39, 0.29) is 6.04 Å². The highest BCUT2D eigenvalue weighted by Crippen LogP contribution is 2.26. The number of hydrogen-bond donors (Lipinski definition) is 2. The van der Waals surface area contributed by atoms with Gasteiger partial charge in [0, 0.05) is 5.02 Å². The third-order valence-electron chi connectivity index (χ3n) is 2.77. The minimum atomic E-state index is -0.155. The lowest BCUT2D eigenvalue weighted by Crippen LogP contribution is -2.29. The normalized spacial score (nSPS) is 12.7. The lowest BCUT2D eigenvalue weighted by Gasteiger charge is -2.14. The maximum Gasteiger partial charge on any atom is 0.193 e. The minimum absolute atomic E-state index is 0.155. The predicted octanol–water partition coefficient (Wildman–Crippen LogP) is 3.64. The summed E-state index contributed by atoms with van der Waals surface area (Å²) >= 11 is 12.0. The van der Waals surface area contributed by atoms with Crippen molar-refractivity contribution in [3.05, 3.63) is 57.5 Å². The van der Waals surface area contributed by atoms with Crippen LogP contribution in [0, 0.1) is 6.92 Å². The molecule has 0 aliphatic heterocycles. The van der Waals surface area contributed by atoms with Gasteiger partial charge >= 0.3 is 0 Å². The number of nitrogens with two attached hydrogens (primary N) is 1. The summed E-state index contributed by atoms with van der Waals surface area (Å²) in [5.74, 6) is 6.24. The molecule has 96 valence electrons. The Hall–Kier alpha value is -1.00. The van der Waals surface area contributed by atoms with Crippen molar-refractivity contribution in [3.63, 3.8) is 0 Å². The van der Waals surface area contributed by atoms with Crippen LogP contribution >= 0.6 is 23.2 Å². The number of benzene rings is 1. The summed E-state index contributed by atoms with van der Waals surface area (Å²) in [4.78, 5) is 0. The van der Waals surface area contributed by atoms with E-state index in [4.69, 9.17) is 33.5 Å². The van der Waals surface area contributed by atoms with Gasteiger partial charge < -0.3 is 4.42 Å². The van der Waals surface area contributed by atoms with Crippen LogP contribution in [0.15, 0.2) is 34.7 Å². The molecule has 1 atom stereocenters. The van der Waals surface area contributed by atoms with Gasteiger partial charge in [-0.1, -0.05) is 23.7 Å². The molecule has 0 fully saturated rings. The van der Waals surface area contributed by atoms with Crippen molar-refractivity contribution in [2.24, 2.45) is 5.84 Å². The average molecular weight is 285 g/mol. The highest BCUT2D eigenvalue weighted by atomic mass is 35.5. The van der Waals surface area contributed by atoms with Crippen LogP contribution in [0.4, 0.5) is 0 Å². The maximum absolute atomic E-state index is 6.20. The molecule has 1 aromatic carbocycles. The Labute approximate surface area is 116 Å². The van der Waals surface area contributed by atoms with Crippen molar-refractivity contribution in [3.8, 4) is 0 Å². The topological polar surface area (TPSA) is 51.2 Å². The highest BCUT2D eigenvalue weighted by molar-refractivity contribution is 6.31. The number of rotatable bonds is 4. The summed E-state index contributed by atoms with van der Waals surface area (Å²) in [5.41, 5.74) is 4.85. The second kappa shape index (κ2) is 5.76. The van der Waals surface area contributed by atoms with E-state index in [9.17, 15) is 0 Å². The van der Waals surface area contributed by atoms with E-state index < -0.39 is 0 Å². The van der Waals surface area contributed by atoms with Crippen molar-refractivity contribution < 1.29 is 4.42 Å². The fourth-order valence-corrected chi connectivity index (χ4v) is 2.26. The third-order valence-corrected chi connectivity index (χ3v) is 3.33. The summed E-state index contributed by atoms with van der Waals surface area (Å²) in [5, 5.41) is 1.08. The quantitative estimate of drug-likeness (QED) is 0.666. The van der Waals surface area contributed by atoms with Crippen LogP contribution < -0.4 is 11.3 Å². The van der Waals surface area contributed by atoms with Crippen LogP contribution in [0.2, 0.25) is 10.2 Å². The Morgan fingerprint density at radius 3 is 2.61 bits per heavy atom. The molecule has 2 rings (SSSR count). The lowest BCUT2D eigenvalue weighted by atomic mass is 10.0. The largest absolute Gasteiger partial charge is 0.448 e. The number of nitrogens with one attached hydrogen (secondary N) is 1. The molecular formula is C13H14Cl2N2O. The maximum atomic E-state index is 6.20. The molecule has 1 unspecified atom stereocenters. The first-order chi connectivity index (χ1) is 8.60. The van der Waals surface area contributed by atoms with E-state index in [1.807, 2.05) is 25.1 Å². The van der Waals surface area contributed by atoms with Crippen molar-refractivity contribution in [1.82, 2.24) is 5.43 Å². The van der Waals surface area contributed by atoms with Gasteiger partial charge in [0.2, 0.25) is 0 Å². The first-order valence-electron chi connectivity index (χ1n) is 5.56. The van der Waals surface area contributed by atoms with Gasteiger partial charge in [0.25, 0.3) is 0 Å². The number of furan rings is 1. The molecule has 0 aliphatic rings. The zero-order valence-electron chi connectivity index (χ0n) is 9.91. The van der Waals surface area contributed by atoms with Gasteiger partial charge in [-0.3, -0.25) is 5.84 Å². The van der Waals surface area contributed by atoms with Crippen molar-refractivity contribution in [2.75, 3.05) is 0 Å². The van der Waals surface area contributed by atoms with Gasteiger partial charge in [-0.2, -0.15) is 0 Å². The van der Waals surface area contributed by atoms with Gasteiger partial charge in [-0.15, -0.1) is 0 Å². The molecule has 0 amide bonds. The second-order valence-electron chi connectivity index (χ2n) is 4.16. The molecule has 3 nitrogen and oxygen atoms in total. The predicted molar refractivity (Wildman–Crippen MR) is 73.7 cm³/mol. The van der Waals surface area contributed by atoms with Gasteiger partial charge in [-0.05, 0) is 54.3 Å². The van der Waals surface area contributed by atoms with Crippen molar-refractivity contribution in [2.45, 2.75) is 19.4 Å². The third kappa shape index (κ3) is 3.06. The van der Waals surface area contributed by atoms with Gasteiger partial charge in [0.05, 0.1) is 6.04 Å². The Morgan fingerprint density at radius 2 is 2.06 bits per heavy atom. The molecule has 2 aromatic rings. The summed E-state index contributed by atoms with van der Waals surface area (Å²) in [6, 6.07) is 9.28. The Balaban J connectivity index is 2.20. The van der Waals surface area contributed by atoms with Crippen LogP contribution in [0.5, 0.6) is 0 Å². The van der Waals surface area contributed by atoms with E-state index in [2.05, 4.69) is 5.43 Å². The van der Waals surface area contributed by atoms with Crippen LogP contribution in [-0.4, -0.2) is 0 Å². The first kappa shape index (κ1) is 13.4. The SMILES string of the molecule is Cc1ccc(CC(NN)c2ccc(Cl)o2)c(Cl)c1. The standard InChI is InChI=1S/C13H14Cl2N2O/c1-8-2-3-9(10(14)6-8)7-11(17-16)12-4-5-13(15)18-12/h2-6,11,17H,7,16H2,1H3. The Bertz CT molecular complexity index is 540. The van der Waals surface area contributed by atoms with E-state index >= 15 is 0 Å². The summed E-state index contributed by atoms with van der Waals surface area (Å²) in [6.45, 7) is 2.00. The zero-order valence-corrected chi connectivity index (χ0v) is 11.4. The molecule has 18 heavy (non-hydrogen) atoms. The molecule has 1 heterocycles. The highest BCUT2D eigenvalue weighted by Gasteiger charge is 2.16. The number of halogens is 2. The van der Waals surface area contributed by atoms with E-state index in [1.54, 1.807) is 12.1 Å². The fourth-order valence-electron chi connectivity index (χ4n) is 1.80. The fraction of sp³-hybridized carbons (Fsp3) is 0.231. The molecule has 1 aromatic heterocycles. The van der Waals surface area contributed by atoms with Crippen LogP contribution in [0.3, 0.4) is 0 Å². The molecule has 0 radical (unpaired) electrons. The summed E-state index contributed by atoms with van der Waals surface area (Å²) in [7, 11) is 0. The van der Waals surface area contributed by atoms with E-state index in [1.165, 1.54) is 0 Å². The molecule has 0 bridgehead atoms. The number of aryl methyl sites for hydroxylation is 1. The lowest BCUT2D eigenvalue weighted by molar-refractivity contribution is 0.417. The average Bonchev–Trinajstić information content (AvgIpc) is 2.75. The van der Waals surface area contributed by atoms with Crippen molar-refractivity contribution in [1.29, 1.82) is 0 Å². The smallest absolute Gasteiger partial charge is 0.193 e. The second-order valence-corrected chi connectivity index (χ2v) is 4.94. The molecule has 0 saturated carbocycles. The molecule has 3 N–H and O–H groups in total. The number of hydrazine groups is 1. The van der Waals surface area contributed by atoms with Gasteiger partial charge in [0.15, 0.2) is 5.22 Å². The molecule has 0 aliphatic carbocycles. The monoisotopic (exact) mass is 284 g/mol. The zero-order chi connectivity index (χ0) is 13.1. The van der Waals surface area contributed by atoms with E-state index in [0.717, 1.165) is 16.1 Å².